The van der Waals surface area contributed by atoms with Crippen LogP contribution in [0.1, 0.15) is 78.4 Å². The first kappa shape index (κ1) is 26.0. The van der Waals surface area contributed by atoms with E-state index in [-0.39, 0.29) is 18.1 Å². The van der Waals surface area contributed by atoms with Crippen molar-refractivity contribution in [3.05, 3.63) is 58.9 Å². The maximum absolute atomic E-state index is 13.2. The predicted molar refractivity (Wildman–Crippen MR) is 146 cm³/mol. The Balaban J connectivity index is 1.37. The SMILES string of the molecule is COc1c(CC(=O)c2cccc(C#N)c2)cnc2c1c(C1CCN(C(=O)[C@@H](C)C3CCCC3)CC1)cn2C. The Bertz CT molecular complexity index is 1390. The minimum Gasteiger partial charge on any atom is -0.496 e. The van der Waals surface area contributed by atoms with Crippen LogP contribution in [0.2, 0.25) is 0 Å². The minimum absolute atomic E-state index is 0.0813. The van der Waals surface area contributed by atoms with Crippen LogP contribution < -0.4 is 4.74 Å². The van der Waals surface area contributed by atoms with Gasteiger partial charge in [-0.05, 0) is 55.2 Å². The second-order valence-corrected chi connectivity index (χ2v) is 10.9. The maximum Gasteiger partial charge on any atom is 0.225 e. The summed E-state index contributed by atoms with van der Waals surface area (Å²) in [7, 11) is 3.62. The Morgan fingerprint density at radius 2 is 1.92 bits per heavy atom. The second kappa shape index (κ2) is 11.0. The number of rotatable bonds is 7. The Hall–Kier alpha value is -3.66. The van der Waals surface area contributed by atoms with E-state index in [9.17, 15) is 14.9 Å². The van der Waals surface area contributed by atoms with Crippen molar-refractivity contribution in [2.24, 2.45) is 18.9 Å². The van der Waals surface area contributed by atoms with Crippen molar-refractivity contribution < 1.29 is 14.3 Å². The van der Waals surface area contributed by atoms with Crippen molar-refractivity contribution in [2.45, 2.75) is 57.8 Å². The quantitative estimate of drug-likeness (QED) is 0.395. The van der Waals surface area contributed by atoms with Gasteiger partial charge in [0.2, 0.25) is 5.91 Å². The van der Waals surface area contributed by atoms with Gasteiger partial charge in [0, 0.05) is 56.0 Å². The first-order valence-corrected chi connectivity index (χ1v) is 13.7. The van der Waals surface area contributed by atoms with Crippen LogP contribution >= 0.6 is 0 Å². The van der Waals surface area contributed by atoms with Gasteiger partial charge in [0.15, 0.2) is 5.78 Å². The summed E-state index contributed by atoms with van der Waals surface area (Å²) in [6.07, 6.45) is 10.7. The van der Waals surface area contributed by atoms with E-state index < -0.39 is 0 Å². The van der Waals surface area contributed by atoms with E-state index in [1.807, 2.05) is 11.6 Å². The lowest BCUT2D eigenvalue weighted by Crippen LogP contribution is -2.42. The third kappa shape index (κ3) is 4.92. The van der Waals surface area contributed by atoms with E-state index in [0.29, 0.717) is 34.6 Å². The molecular formula is C31H36N4O3. The van der Waals surface area contributed by atoms with Crippen LogP contribution in [0.15, 0.2) is 36.7 Å². The maximum atomic E-state index is 13.2. The molecule has 0 spiro atoms. The van der Waals surface area contributed by atoms with Crippen molar-refractivity contribution in [3.63, 3.8) is 0 Å². The number of Topliss-reactive ketones (excluding diaryl/α,β-unsaturated/α-hetero) is 1. The lowest BCUT2D eigenvalue weighted by Gasteiger charge is -2.35. The van der Waals surface area contributed by atoms with Crippen molar-refractivity contribution in [2.75, 3.05) is 20.2 Å². The summed E-state index contributed by atoms with van der Waals surface area (Å²) in [5.41, 5.74) is 3.70. The molecule has 3 aromatic rings. The van der Waals surface area contributed by atoms with Crippen LogP contribution in [0.3, 0.4) is 0 Å². The highest BCUT2D eigenvalue weighted by molar-refractivity contribution is 5.99. The van der Waals surface area contributed by atoms with Crippen LogP contribution in [0.5, 0.6) is 5.75 Å². The van der Waals surface area contributed by atoms with Crippen molar-refractivity contribution in [3.8, 4) is 11.8 Å². The van der Waals surface area contributed by atoms with Crippen LogP contribution in [0, 0.1) is 23.2 Å². The molecule has 1 saturated carbocycles. The summed E-state index contributed by atoms with van der Waals surface area (Å²) in [6.45, 7) is 3.64. The molecule has 1 saturated heterocycles. The molecule has 1 aliphatic carbocycles. The smallest absolute Gasteiger partial charge is 0.225 e. The molecule has 3 heterocycles. The summed E-state index contributed by atoms with van der Waals surface area (Å²) < 4.78 is 7.93. The average Bonchev–Trinajstić information content (AvgIpc) is 3.61. The average molecular weight is 513 g/mol. The van der Waals surface area contributed by atoms with Crippen LogP contribution in [-0.2, 0) is 18.3 Å². The fraction of sp³-hybridized carbons (Fsp3) is 0.484. The molecule has 0 bridgehead atoms. The molecular weight excluding hydrogens is 476 g/mol. The fourth-order valence-corrected chi connectivity index (χ4v) is 6.45. The molecule has 0 radical (unpaired) electrons. The molecule has 198 valence electrons. The van der Waals surface area contributed by atoms with Crippen molar-refractivity contribution in [1.29, 1.82) is 5.26 Å². The molecule has 1 amide bonds. The predicted octanol–water partition coefficient (Wildman–Crippen LogP) is 5.41. The van der Waals surface area contributed by atoms with E-state index in [4.69, 9.17) is 9.72 Å². The molecule has 2 aromatic heterocycles. The van der Waals surface area contributed by atoms with Gasteiger partial charge in [-0.25, -0.2) is 4.98 Å². The Morgan fingerprint density at radius 1 is 1.18 bits per heavy atom. The molecule has 2 fully saturated rings. The summed E-state index contributed by atoms with van der Waals surface area (Å²) in [4.78, 5) is 33.1. The van der Waals surface area contributed by atoms with Gasteiger partial charge in [0.05, 0.1) is 24.1 Å². The number of hydrogen-bond acceptors (Lipinski definition) is 5. The van der Waals surface area contributed by atoms with Crippen LogP contribution in [0.4, 0.5) is 0 Å². The largest absolute Gasteiger partial charge is 0.496 e. The van der Waals surface area contributed by atoms with Crippen LogP contribution in [0.25, 0.3) is 11.0 Å². The number of likely N-dealkylation sites (tertiary alicyclic amines) is 1. The number of nitriles is 1. The first-order valence-electron chi connectivity index (χ1n) is 13.7. The van der Waals surface area contributed by atoms with Gasteiger partial charge >= 0.3 is 0 Å². The highest BCUT2D eigenvalue weighted by atomic mass is 16.5. The van der Waals surface area contributed by atoms with Gasteiger partial charge in [-0.1, -0.05) is 31.9 Å². The molecule has 5 rings (SSSR count). The van der Waals surface area contributed by atoms with Gasteiger partial charge in [-0.3, -0.25) is 9.59 Å². The van der Waals surface area contributed by atoms with Crippen molar-refractivity contribution in [1.82, 2.24) is 14.5 Å². The van der Waals surface area contributed by atoms with Gasteiger partial charge in [0.1, 0.15) is 11.4 Å². The lowest BCUT2D eigenvalue weighted by molar-refractivity contribution is -0.137. The Labute approximate surface area is 224 Å². The lowest BCUT2D eigenvalue weighted by atomic mass is 9.86. The van der Waals surface area contributed by atoms with Crippen LogP contribution in [-0.4, -0.2) is 46.3 Å². The molecule has 1 atom stereocenters. The summed E-state index contributed by atoms with van der Waals surface area (Å²) >= 11 is 0. The van der Waals surface area contributed by atoms with Gasteiger partial charge in [-0.2, -0.15) is 5.26 Å². The van der Waals surface area contributed by atoms with E-state index in [1.165, 1.54) is 31.2 Å². The van der Waals surface area contributed by atoms with Gasteiger partial charge in [0.25, 0.3) is 0 Å². The summed E-state index contributed by atoms with van der Waals surface area (Å²) in [5, 5.41) is 10.2. The number of nitrogens with zero attached hydrogens (tertiary/aromatic N) is 4. The molecule has 38 heavy (non-hydrogen) atoms. The number of carbonyl (C=O) groups is 2. The van der Waals surface area contributed by atoms with E-state index >= 15 is 0 Å². The van der Waals surface area contributed by atoms with Gasteiger partial charge < -0.3 is 14.2 Å². The molecule has 0 unspecified atom stereocenters. The molecule has 1 aromatic carbocycles. The fourth-order valence-electron chi connectivity index (χ4n) is 6.45. The number of aromatic nitrogens is 2. The standard InChI is InChI=1S/C31H36N4O3/c1-20(22-8-4-5-9-22)31(37)35-13-11-23(12-14-35)26-19-34(2)30-28(26)29(38-3)25(18-33-30)16-27(36)24-10-6-7-21(15-24)17-32/h6-7,10,15,18-20,22-23H,4-5,8-9,11-14,16H2,1-3H3/t20-/m0/s1. The van der Waals surface area contributed by atoms with E-state index in [1.54, 1.807) is 37.6 Å². The molecule has 2 aliphatic rings. The number of ketones is 1. The normalized spacial score (nSPS) is 17.5. The summed E-state index contributed by atoms with van der Waals surface area (Å²) in [6, 6.07) is 8.87. The first-order chi connectivity index (χ1) is 18.4. The Kier molecular flexibility index (Phi) is 7.51. The zero-order chi connectivity index (χ0) is 26.8. The topological polar surface area (TPSA) is 88.2 Å². The molecule has 7 nitrogen and oxygen atoms in total. The number of methoxy groups -OCH3 is 1. The second-order valence-electron chi connectivity index (χ2n) is 10.9. The monoisotopic (exact) mass is 512 g/mol. The minimum atomic E-state index is -0.0813. The Morgan fingerprint density at radius 3 is 2.61 bits per heavy atom. The number of ether oxygens (including phenoxy) is 1. The third-order valence-electron chi connectivity index (χ3n) is 8.65. The number of amides is 1. The number of hydrogen-bond donors (Lipinski definition) is 0. The number of piperidine rings is 1. The van der Waals surface area contributed by atoms with Crippen molar-refractivity contribution >= 4 is 22.7 Å². The zero-order valence-corrected chi connectivity index (χ0v) is 22.6. The van der Waals surface area contributed by atoms with E-state index in [0.717, 1.165) is 42.5 Å². The molecule has 0 N–H and O–H groups in total. The third-order valence-corrected chi connectivity index (χ3v) is 8.65. The number of pyridine rings is 1. The van der Waals surface area contributed by atoms with Gasteiger partial charge in [-0.15, -0.1) is 0 Å². The van der Waals surface area contributed by atoms with E-state index in [2.05, 4.69) is 24.1 Å². The number of fused-ring (bicyclic) bond motifs is 1. The zero-order valence-electron chi connectivity index (χ0n) is 22.6. The highest BCUT2D eigenvalue weighted by Crippen LogP contribution is 2.40. The number of carbonyl (C=O) groups excluding carboxylic acids is 2. The number of benzene rings is 1. The summed E-state index contributed by atoms with van der Waals surface area (Å²) in [5.74, 6) is 1.86. The number of aryl methyl sites for hydroxylation is 1. The molecule has 1 aliphatic heterocycles. The molecule has 7 heteroatoms. The highest BCUT2D eigenvalue weighted by Gasteiger charge is 2.33.